The second kappa shape index (κ2) is 5.71. The monoisotopic (exact) mass is 313 g/mol. The molecule has 0 aromatic heterocycles. The lowest BCUT2D eigenvalue weighted by atomic mass is 10.1. The normalized spacial score (nSPS) is 17.7. The molecule has 2 rings (SSSR count). The second-order valence-corrected chi connectivity index (χ2v) is 5.42. The first kappa shape index (κ1) is 13.4. The van der Waals surface area contributed by atoms with Gasteiger partial charge in [0, 0.05) is 17.6 Å². The molecule has 4 nitrogen and oxygen atoms in total. The number of piperidine rings is 1. The molecule has 1 aliphatic rings. The summed E-state index contributed by atoms with van der Waals surface area (Å²) >= 11 is 3.25. The van der Waals surface area contributed by atoms with Crippen LogP contribution in [0.1, 0.15) is 23.2 Å². The van der Waals surface area contributed by atoms with Crippen LogP contribution in [0.3, 0.4) is 0 Å². The van der Waals surface area contributed by atoms with Crippen LogP contribution >= 0.6 is 15.9 Å². The van der Waals surface area contributed by atoms with Gasteiger partial charge in [-0.1, -0.05) is 0 Å². The van der Waals surface area contributed by atoms with Crippen molar-refractivity contribution in [2.45, 2.75) is 18.9 Å². The number of carbonyl (C=O) groups is 1. The summed E-state index contributed by atoms with van der Waals surface area (Å²) in [5, 5.41) is 8.93. The zero-order chi connectivity index (χ0) is 13.1. The standard InChI is InChI=1S/C13H16BrNO3/c1-15-6-4-9(5-7-15)18-10-2-3-11(13(16)17)12(14)8-10/h2-3,8-9H,4-7H2,1H3,(H,16,17). The number of benzene rings is 1. The van der Waals surface area contributed by atoms with E-state index in [0.29, 0.717) is 4.47 Å². The van der Waals surface area contributed by atoms with Crippen LogP contribution < -0.4 is 4.74 Å². The van der Waals surface area contributed by atoms with Crippen molar-refractivity contribution in [2.75, 3.05) is 20.1 Å². The zero-order valence-electron chi connectivity index (χ0n) is 10.2. The number of aromatic carboxylic acids is 1. The van der Waals surface area contributed by atoms with E-state index in [1.807, 2.05) is 0 Å². The van der Waals surface area contributed by atoms with Gasteiger partial charge in [0.15, 0.2) is 0 Å². The fourth-order valence-corrected chi connectivity index (χ4v) is 2.57. The quantitative estimate of drug-likeness (QED) is 0.932. The van der Waals surface area contributed by atoms with Gasteiger partial charge in [0.2, 0.25) is 0 Å². The van der Waals surface area contributed by atoms with E-state index in [0.717, 1.165) is 31.7 Å². The Hall–Kier alpha value is -1.07. The number of rotatable bonds is 3. The van der Waals surface area contributed by atoms with Crippen molar-refractivity contribution >= 4 is 21.9 Å². The van der Waals surface area contributed by atoms with E-state index in [4.69, 9.17) is 9.84 Å². The maximum Gasteiger partial charge on any atom is 0.336 e. The van der Waals surface area contributed by atoms with Gasteiger partial charge in [-0.05, 0) is 54.0 Å². The van der Waals surface area contributed by atoms with Crippen LogP contribution in [-0.2, 0) is 0 Å². The van der Waals surface area contributed by atoms with Crippen molar-refractivity contribution in [1.82, 2.24) is 4.90 Å². The number of nitrogens with zero attached hydrogens (tertiary/aromatic N) is 1. The molecule has 1 aliphatic heterocycles. The van der Waals surface area contributed by atoms with E-state index in [1.165, 1.54) is 0 Å². The SMILES string of the molecule is CN1CCC(Oc2ccc(C(=O)O)c(Br)c2)CC1. The van der Waals surface area contributed by atoms with E-state index in [1.54, 1.807) is 18.2 Å². The summed E-state index contributed by atoms with van der Waals surface area (Å²) in [6.45, 7) is 2.08. The highest BCUT2D eigenvalue weighted by atomic mass is 79.9. The molecule has 1 aromatic carbocycles. The molecule has 0 aliphatic carbocycles. The van der Waals surface area contributed by atoms with Gasteiger partial charge in [-0.25, -0.2) is 4.79 Å². The molecule has 0 bridgehead atoms. The molecule has 0 atom stereocenters. The fourth-order valence-electron chi connectivity index (χ4n) is 2.04. The van der Waals surface area contributed by atoms with Crippen LogP contribution in [0.15, 0.2) is 22.7 Å². The molecule has 0 amide bonds. The minimum absolute atomic E-state index is 0.226. The summed E-state index contributed by atoms with van der Waals surface area (Å²) in [5.41, 5.74) is 0.255. The number of hydrogen-bond donors (Lipinski definition) is 1. The van der Waals surface area contributed by atoms with Crippen molar-refractivity contribution < 1.29 is 14.6 Å². The molecule has 0 radical (unpaired) electrons. The van der Waals surface area contributed by atoms with Crippen molar-refractivity contribution in [3.05, 3.63) is 28.2 Å². The highest BCUT2D eigenvalue weighted by molar-refractivity contribution is 9.10. The van der Waals surface area contributed by atoms with E-state index in [2.05, 4.69) is 27.9 Å². The van der Waals surface area contributed by atoms with Gasteiger partial charge in [0.05, 0.1) is 5.56 Å². The summed E-state index contributed by atoms with van der Waals surface area (Å²) in [7, 11) is 2.11. The van der Waals surface area contributed by atoms with Gasteiger partial charge in [0.1, 0.15) is 11.9 Å². The molecule has 5 heteroatoms. The third-order valence-corrected chi connectivity index (χ3v) is 3.80. The topological polar surface area (TPSA) is 49.8 Å². The van der Waals surface area contributed by atoms with E-state index >= 15 is 0 Å². The third kappa shape index (κ3) is 3.23. The highest BCUT2D eigenvalue weighted by Gasteiger charge is 2.18. The van der Waals surface area contributed by atoms with Gasteiger partial charge in [-0.15, -0.1) is 0 Å². The molecule has 1 N–H and O–H groups in total. The summed E-state index contributed by atoms with van der Waals surface area (Å²) < 4.78 is 6.43. The Labute approximate surface area is 115 Å². The minimum atomic E-state index is -0.937. The predicted molar refractivity (Wildman–Crippen MR) is 72.2 cm³/mol. The molecule has 1 fully saturated rings. The summed E-state index contributed by atoms with van der Waals surface area (Å²) in [6, 6.07) is 5.00. The van der Waals surface area contributed by atoms with Crippen LogP contribution in [0.5, 0.6) is 5.75 Å². The average molecular weight is 314 g/mol. The van der Waals surface area contributed by atoms with Gasteiger partial charge >= 0.3 is 5.97 Å². The van der Waals surface area contributed by atoms with Crippen LogP contribution in [-0.4, -0.2) is 42.2 Å². The van der Waals surface area contributed by atoms with Crippen LogP contribution in [0.2, 0.25) is 0 Å². The molecule has 1 aromatic rings. The fraction of sp³-hybridized carbons (Fsp3) is 0.462. The van der Waals surface area contributed by atoms with Gasteiger partial charge < -0.3 is 14.7 Å². The Kier molecular flexibility index (Phi) is 4.24. The summed E-state index contributed by atoms with van der Waals surface area (Å²) in [5.74, 6) is -0.214. The third-order valence-electron chi connectivity index (χ3n) is 3.14. The Bertz CT molecular complexity index is 442. The number of carboxylic acid groups (broad SMARTS) is 1. The van der Waals surface area contributed by atoms with Crippen LogP contribution in [0, 0.1) is 0 Å². The number of carboxylic acids is 1. The molecule has 98 valence electrons. The first-order valence-corrected chi connectivity index (χ1v) is 6.73. The van der Waals surface area contributed by atoms with Crippen molar-refractivity contribution in [1.29, 1.82) is 0 Å². The molecular formula is C13H16BrNO3. The van der Waals surface area contributed by atoms with Gasteiger partial charge in [-0.3, -0.25) is 0 Å². The zero-order valence-corrected chi connectivity index (χ0v) is 11.8. The second-order valence-electron chi connectivity index (χ2n) is 4.57. The molecule has 0 saturated carbocycles. The van der Waals surface area contributed by atoms with Crippen molar-refractivity contribution in [3.63, 3.8) is 0 Å². The molecule has 0 unspecified atom stereocenters. The van der Waals surface area contributed by atoms with Crippen LogP contribution in [0.25, 0.3) is 0 Å². The average Bonchev–Trinajstić information content (AvgIpc) is 2.32. The molecule has 1 saturated heterocycles. The minimum Gasteiger partial charge on any atom is -0.490 e. The molecule has 1 heterocycles. The number of hydrogen-bond acceptors (Lipinski definition) is 3. The summed E-state index contributed by atoms with van der Waals surface area (Å²) in [4.78, 5) is 13.2. The Morgan fingerprint density at radius 2 is 2.11 bits per heavy atom. The maximum atomic E-state index is 10.9. The van der Waals surface area contributed by atoms with E-state index in [-0.39, 0.29) is 11.7 Å². The molecule has 0 spiro atoms. The number of ether oxygens (including phenoxy) is 1. The highest BCUT2D eigenvalue weighted by Crippen LogP contribution is 2.25. The number of halogens is 1. The first-order chi connectivity index (χ1) is 8.56. The van der Waals surface area contributed by atoms with Crippen molar-refractivity contribution in [2.24, 2.45) is 0 Å². The molecule has 18 heavy (non-hydrogen) atoms. The smallest absolute Gasteiger partial charge is 0.336 e. The Balaban J connectivity index is 2.02. The van der Waals surface area contributed by atoms with Crippen molar-refractivity contribution in [3.8, 4) is 5.75 Å². The number of likely N-dealkylation sites (tertiary alicyclic amines) is 1. The van der Waals surface area contributed by atoms with E-state index < -0.39 is 5.97 Å². The largest absolute Gasteiger partial charge is 0.490 e. The first-order valence-electron chi connectivity index (χ1n) is 5.94. The van der Waals surface area contributed by atoms with Gasteiger partial charge in [0.25, 0.3) is 0 Å². The lowest BCUT2D eigenvalue weighted by molar-refractivity contribution is 0.0695. The predicted octanol–water partition coefficient (Wildman–Crippen LogP) is 2.62. The van der Waals surface area contributed by atoms with Crippen LogP contribution in [0.4, 0.5) is 0 Å². The maximum absolute atomic E-state index is 10.9. The molecular weight excluding hydrogens is 298 g/mol. The summed E-state index contributed by atoms with van der Waals surface area (Å²) in [6.07, 6.45) is 2.24. The Morgan fingerprint density at radius 3 is 2.67 bits per heavy atom. The Morgan fingerprint density at radius 1 is 1.44 bits per heavy atom. The van der Waals surface area contributed by atoms with E-state index in [9.17, 15) is 4.79 Å². The van der Waals surface area contributed by atoms with Gasteiger partial charge in [-0.2, -0.15) is 0 Å². The lowest BCUT2D eigenvalue weighted by Gasteiger charge is -2.29. The lowest BCUT2D eigenvalue weighted by Crippen LogP contribution is -2.35.